The van der Waals surface area contributed by atoms with Gasteiger partial charge in [-0.1, -0.05) is 6.07 Å². The molecular weight excluding hydrogens is 400 g/mol. The van der Waals surface area contributed by atoms with Crippen molar-refractivity contribution in [2.24, 2.45) is 4.99 Å². The highest BCUT2D eigenvalue weighted by molar-refractivity contribution is 5.84. The third-order valence-corrected chi connectivity index (χ3v) is 5.08. The van der Waals surface area contributed by atoms with E-state index >= 15 is 0 Å². The van der Waals surface area contributed by atoms with Crippen LogP contribution >= 0.6 is 0 Å². The number of nitrogens with one attached hydrogen (secondary N) is 1. The second-order valence-electron chi connectivity index (χ2n) is 7.59. The van der Waals surface area contributed by atoms with Crippen molar-refractivity contribution in [3.05, 3.63) is 29.5 Å². The van der Waals surface area contributed by atoms with Crippen LogP contribution in [0.3, 0.4) is 0 Å². The molecule has 3 heterocycles. The second kappa shape index (κ2) is 9.07. The Morgan fingerprint density at radius 1 is 1.26 bits per heavy atom. The molecule has 3 N–H and O–H groups in total. The number of nitrogens with two attached hydrogens (primary N) is 1. The normalized spacial score (nSPS) is 15.6. The number of aromatic nitrogens is 2. The summed E-state index contributed by atoms with van der Waals surface area (Å²) in [7, 11) is 3.75. The molecule has 2 aromatic rings. The lowest BCUT2D eigenvalue weighted by Gasteiger charge is -2.15. The molecule has 0 saturated heterocycles. The minimum Gasteiger partial charge on any atom is -0.454 e. The average molecular weight is 426 g/mol. The molecule has 0 spiro atoms. The molecule has 31 heavy (non-hydrogen) atoms. The third-order valence-electron chi connectivity index (χ3n) is 5.08. The monoisotopic (exact) mass is 426 g/mol. The summed E-state index contributed by atoms with van der Waals surface area (Å²) in [6.45, 7) is 0.933. The smallest absolute Gasteiger partial charge is 0.407 e. The van der Waals surface area contributed by atoms with Gasteiger partial charge in [-0.25, -0.2) is 9.78 Å². The number of aliphatic imine (C=N–C) groups is 1. The molecule has 0 saturated carbocycles. The van der Waals surface area contributed by atoms with Crippen LogP contribution in [-0.4, -0.2) is 49.8 Å². The van der Waals surface area contributed by atoms with Crippen LogP contribution in [-0.2, 0) is 11.3 Å². The van der Waals surface area contributed by atoms with Gasteiger partial charge < -0.3 is 30.2 Å². The molecule has 10 heteroatoms. The van der Waals surface area contributed by atoms with E-state index in [9.17, 15) is 4.79 Å². The lowest BCUT2D eigenvalue weighted by atomic mass is 10.0. The van der Waals surface area contributed by atoms with Gasteiger partial charge in [-0.05, 0) is 37.0 Å². The Morgan fingerprint density at radius 2 is 2.10 bits per heavy atom. The van der Waals surface area contributed by atoms with Gasteiger partial charge in [0.15, 0.2) is 17.3 Å². The maximum Gasteiger partial charge on any atom is 0.407 e. The molecule has 10 nitrogen and oxygen atoms in total. The zero-order valence-electron chi connectivity index (χ0n) is 17.6. The lowest BCUT2D eigenvalue weighted by Crippen LogP contribution is -2.24. The predicted molar refractivity (Wildman–Crippen MR) is 116 cm³/mol. The van der Waals surface area contributed by atoms with E-state index in [1.807, 2.05) is 43.4 Å². The molecule has 0 bridgehead atoms. The van der Waals surface area contributed by atoms with E-state index in [1.165, 1.54) is 0 Å². The highest BCUT2D eigenvalue weighted by Gasteiger charge is 2.24. The first-order valence-corrected chi connectivity index (χ1v) is 10.2. The van der Waals surface area contributed by atoms with E-state index in [1.54, 1.807) is 0 Å². The molecule has 1 aromatic heterocycles. The van der Waals surface area contributed by atoms with Crippen molar-refractivity contribution in [3.8, 4) is 11.5 Å². The Morgan fingerprint density at radius 3 is 2.94 bits per heavy atom. The van der Waals surface area contributed by atoms with Crippen LogP contribution < -0.4 is 25.4 Å². The molecule has 2 aliphatic rings. The number of carbonyl (C=O) groups excluding carboxylic acids is 1. The van der Waals surface area contributed by atoms with Gasteiger partial charge >= 0.3 is 6.09 Å². The molecule has 0 aliphatic carbocycles. The number of carbonyl (C=O) groups is 1. The fourth-order valence-corrected chi connectivity index (χ4v) is 3.42. The second-order valence-corrected chi connectivity index (χ2v) is 7.59. The zero-order valence-corrected chi connectivity index (χ0v) is 17.6. The first-order chi connectivity index (χ1) is 15.0. The molecule has 1 aromatic carbocycles. The van der Waals surface area contributed by atoms with Crippen LogP contribution in [0.2, 0.25) is 0 Å². The summed E-state index contributed by atoms with van der Waals surface area (Å²) in [5.41, 5.74) is 8.45. The van der Waals surface area contributed by atoms with Gasteiger partial charge in [-0.2, -0.15) is 4.98 Å². The van der Waals surface area contributed by atoms with E-state index in [0.717, 1.165) is 30.5 Å². The first-order valence-electron chi connectivity index (χ1n) is 10.2. The number of nitrogens with zero attached hydrogens (tertiary/aromatic N) is 4. The van der Waals surface area contributed by atoms with Gasteiger partial charge in [-0.15, -0.1) is 0 Å². The Bertz CT molecular complexity index is 994. The van der Waals surface area contributed by atoms with E-state index in [2.05, 4.69) is 20.3 Å². The van der Waals surface area contributed by atoms with Gasteiger partial charge in [-0.3, -0.25) is 4.99 Å². The third kappa shape index (κ3) is 4.79. The first kappa shape index (κ1) is 20.7. The summed E-state index contributed by atoms with van der Waals surface area (Å²) in [4.78, 5) is 27.0. The van der Waals surface area contributed by atoms with Crippen molar-refractivity contribution in [1.82, 2.24) is 15.3 Å². The summed E-state index contributed by atoms with van der Waals surface area (Å²) in [5.74, 6) is 2.48. The Hall–Kier alpha value is -3.56. The van der Waals surface area contributed by atoms with Gasteiger partial charge in [0, 0.05) is 32.8 Å². The fourth-order valence-electron chi connectivity index (χ4n) is 3.42. The number of alkyl carbamates (subject to hydrolysis) is 1. The molecule has 4 rings (SSSR count). The summed E-state index contributed by atoms with van der Waals surface area (Å²) in [6.07, 6.45) is 3.89. The van der Waals surface area contributed by atoms with Crippen LogP contribution in [0, 0.1) is 0 Å². The van der Waals surface area contributed by atoms with Crippen LogP contribution in [0.15, 0.2) is 23.2 Å². The number of hydrogen-bond acceptors (Lipinski definition) is 9. The molecule has 1 amide bonds. The van der Waals surface area contributed by atoms with Crippen molar-refractivity contribution < 1.29 is 19.0 Å². The number of nitrogen functional groups attached to an aromatic ring is 1. The largest absolute Gasteiger partial charge is 0.454 e. The summed E-state index contributed by atoms with van der Waals surface area (Å²) in [6, 6.07) is 5.56. The molecular formula is C21H26N6O4. The average Bonchev–Trinajstić information content (AvgIpc) is 3.38. The molecule has 0 radical (unpaired) electrons. The maximum atomic E-state index is 11.9. The molecule has 0 fully saturated rings. The maximum absolute atomic E-state index is 11.9. The Balaban J connectivity index is 1.17. The number of rotatable bonds is 8. The van der Waals surface area contributed by atoms with Gasteiger partial charge in [0.05, 0.1) is 12.3 Å². The molecule has 164 valence electrons. The van der Waals surface area contributed by atoms with Gasteiger partial charge in [0.1, 0.15) is 5.69 Å². The number of benzene rings is 1. The molecule has 1 atom stereocenters. The number of unbranched alkanes of at least 4 members (excludes halogenated alkanes) is 1. The van der Waals surface area contributed by atoms with Crippen molar-refractivity contribution in [2.75, 3.05) is 38.1 Å². The highest BCUT2D eigenvalue weighted by atomic mass is 16.7. The minimum absolute atomic E-state index is 0.0961. The highest BCUT2D eigenvalue weighted by Crippen LogP contribution is 2.38. The SMILES string of the molecule is CN(C)c1nc(N)c2c(n1)C(CCCCOC(=O)NCc1ccc3c(c1)OCO3)C=N2. The van der Waals surface area contributed by atoms with E-state index in [-0.39, 0.29) is 12.7 Å². The van der Waals surface area contributed by atoms with E-state index in [0.29, 0.717) is 42.1 Å². The van der Waals surface area contributed by atoms with Crippen LogP contribution in [0.1, 0.15) is 36.4 Å². The number of ether oxygens (including phenoxy) is 3. The fraction of sp³-hybridized carbons (Fsp3) is 0.429. The Labute approximate surface area is 180 Å². The summed E-state index contributed by atoms with van der Waals surface area (Å²) in [5, 5.41) is 2.74. The quantitative estimate of drug-likeness (QED) is 0.618. The van der Waals surface area contributed by atoms with Crippen LogP contribution in [0.4, 0.5) is 22.2 Å². The molecule has 2 aliphatic heterocycles. The number of fused-ring (bicyclic) bond motifs is 2. The minimum atomic E-state index is -0.443. The zero-order chi connectivity index (χ0) is 21.8. The summed E-state index contributed by atoms with van der Waals surface area (Å²) < 4.78 is 15.9. The van der Waals surface area contributed by atoms with Gasteiger partial charge in [0.2, 0.25) is 12.7 Å². The summed E-state index contributed by atoms with van der Waals surface area (Å²) >= 11 is 0. The number of anilines is 2. The van der Waals surface area contributed by atoms with Crippen LogP contribution in [0.25, 0.3) is 0 Å². The standard InChI is InChI=1S/C21H26N6O4/c1-27(2)20-25-17-14(11-23-18(17)19(22)26-20)5-3-4-8-29-21(28)24-10-13-6-7-15-16(9-13)31-12-30-15/h6-7,9,11,14H,3-5,8,10,12H2,1-2H3,(H,24,28)(H2,22,25,26). The topological polar surface area (TPSA) is 124 Å². The van der Waals surface area contributed by atoms with E-state index in [4.69, 9.17) is 19.9 Å². The van der Waals surface area contributed by atoms with Crippen molar-refractivity contribution in [1.29, 1.82) is 0 Å². The van der Waals surface area contributed by atoms with Crippen molar-refractivity contribution in [2.45, 2.75) is 31.7 Å². The number of amides is 1. The lowest BCUT2D eigenvalue weighted by molar-refractivity contribution is 0.143. The van der Waals surface area contributed by atoms with Gasteiger partial charge in [0.25, 0.3) is 0 Å². The van der Waals surface area contributed by atoms with Crippen molar-refractivity contribution >= 4 is 29.8 Å². The molecule has 1 unspecified atom stereocenters. The number of hydrogen-bond donors (Lipinski definition) is 2. The Kier molecular flexibility index (Phi) is 6.06. The predicted octanol–water partition coefficient (Wildman–Crippen LogP) is 2.75. The van der Waals surface area contributed by atoms with E-state index < -0.39 is 6.09 Å². The van der Waals surface area contributed by atoms with Crippen molar-refractivity contribution in [3.63, 3.8) is 0 Å². The van der Waals surface area contributed by atoms with Crippen LogP contribution in [0.5, 0.6) is 11.5 Å².